The summed E-state index contributed by atoms with van der Waals surface area (Å²) in [5.74, 6) is 1.86. The van der Waals surface area contributed by atoms with E-state index in [1.165, 1.54) is 12.1 Å². The molecule has 2 aliphatic heterocycles. The van der Waals surface area contributed by atoms with E-state index < -0.39 is 0 Å². The highest BCUT2D eigenvalue weighted by molar-refractivity contribution is 7.99. The number of benzene rings is 1. The standard InChI is InChI=1S/C20H22FN3O2S2/c21-16-3-1-14(2-4-16)11-18(25)23-7-5-15(6-8-23)19-22-17(12-28-19)20(26)24-9-10-27-13-24/h1-4,12,15H,5-11,13H2. The average Bonchev–Trinajstić information content (AvgIpc) is 3.42. The Balaban J connectivity index is 1.31. The van der Waals surface area contributed by atoms with Crippen LogP contribution >= 0.6 is 23.1 Å². The Morgan fingerprint density at radius 3 is 2.54 bits per heavy atom. The van der Waals surface area contributed by atoms with E-state index in [0.29, 0.717) is 31.1 Å². The van der Waals surface area contributed by atoms with Crippen LogP contribution in [0.5, 0.6) is 0 Å². The predicted octanol–water partition coefficient (Wildman–Crippen LogP) is 3.38. The van der Waals surface area contributed by atoms with Crippen molar-refractivity contribution in [2.24, 2.45) is 0 Å². The second-order valence-corrected chi connectivity index (χ2v) is 9.10. The maximum absolute atomic E-state index is 13.0. The van der Waals surface area contributed by atoms with E-state index >= 15 is 0 Å². The molecule has 1 aromatic carbocycles. The van der Waals surface area contributed by atoms with E-state index in [9.17, 15) is 14.0 Å². The number of hydrogen-bond acceptors (Lipinski definition) is 5. The van der Waals surface area contributed by atoms with Gasteiger partial charge in [0.25, 0.3) is 5.91 Å². The second-order valence-electron chi connectivity index (χ2n) is 7.14. The third-order valence-electron chi connectivity index (χ3n) is 5.25. The van der Waals surface area contributed by atoms with Crippen LogP contribution in [0.15, 0.2) is 29.6 Å². The van der Waals surface area contributed by atoms with Crippen LogP contribution in [0.3, 0.4) is 0 Å². The van der Waals surface area contributed by atoms with E-state index in [2.05, 4.69) is 4.98 Å². The van der Waals surface area contributed by atoms with Crippen LogP contribution in [0, 0.1) is 5.82 Å². The van der Waals surface area contributed by atoms with Gasteiger partial charge < -0.3 is 9.80 Å². The summed E-state index contributed by atoms with van der Waals surface area (Å²) >= 11 is 3.32. The molecular formula is C20H22FN3O2S2. The fraction of sp³-hybridized carbons (Fsp3) is 0.450. The normalized spacial score (nSPS) is 17.9. The zero-order valence-corrected chi connectivity index (χ0v) is 17.1. The minimum absolute atomic E-state index is 0.0272. The Kier molecular flexibility index (Phi) is 5.96. The molecule has 148 valence electrons. The fourth-order valence-corrected chi connectivity index (χ4v) is 5.48. The van der Waals surface area contributed by atoms with Crippen LogP contribution in [-0.2, 0) is 11.2 Å². The highest BCUT2D eigenvalue weighted by Crippen LogP contribution is 2.31. The van der Waals surface area contributed by atoms with Gasteiger partial charge in [-0.2, -0.15) is 0 Å². The molecule has 1 aromatic heterocycles. The predicted molar refractivity (Wildman–Crippen MR) is 109 cm³/mol. The number of thioether (sulfide) groups is 1. The lowest BCUT2D eigenvalue weighted by Gasteiger charge is -2.31. The number of carbonyl (C=O) groups is 2. The van der Waals surface area contributed by atoms with Crippen molar-refractivity contribution in [1.29, 1.82) is 0 Å². The first-order chi connectivity index (χ1) is 13.6. The Bertz CT molecular complexity index is 841. The number of nitrogens with zero attached hydrogens (tertiary/aromatic N) is 3. The van der Waals surface area contributed by atoms with Gasteiger partial charge in [0.2, 0.25) is 5.91 Å². The molecule has 0 N–H and O–H groups in total. The number of carbonyl (C=O) groups excluding carboxylic acids is 2. The summed E-state index contributed by atoms with van der Waals surface area (Å²) in [7, 11) is 0. The van der Waals surface area contributed by atoms with Crippen LogP contribution in [0.2, 0.25) is 0 Å². The lowest BCUT2D eigenvalue weighted by Crippen LogP contribution is -2.38. The van der Waals surface area contributed by atoms with Gasteiger partial charge >= 0.3 is 0 Å². The van der Waals surface area contributed by atoms with Gasteiger partial charge in [-0.1, -0.05) is 12.1 Å². The van der Waals surface area contributed by atoms with Gasteiger partial charge in [0, 0.05) is 36.7 Å². The fourth-order valence-electron chi connectivity index (χ4n) is 3.57. The highest BCUT2D eigenvalue weighted by Gasteiger charge is 2.28. The number of aromatic nitrogens is 1. The maximum atomic E-state index is 13.0. The Labute approximate surface area is 171 Å². The van der Waals surface area contributed by atoms with Crippen molar-refractivity contribution in [1.82, 2.24) is 14.8 Å². The molecule has 8 heteroatoms. The van der Waals surface area contributed by atoms with Crippen LogP contribution in [0.4, 0.5) is 4.39 Å². The molecule has 0 saturated carbocycles. The van der Waals surface area contributed by atoms with Gasteiger partial charge in [0.15, 0.2) is 0 Å². The van der Waals surface area contributed by atoms with Gasteiger partial charge in [0.1, 0.15) is 11.5 Å². The Morgan fingerprint density at radius 1 is 1.11 bits per heavy atom. The molecule has 2 saturated heterocycles. The van der Waals surface area contributed by atoms with Gasteiger partial charge in [-0.25, -0.2) is 9.37 Å². The summed E-state index contributed by atoms with van der Waals surface area (Å²) in [6.45, 7) is 2.18. The van der Waals surface area contributed by atoms with Crippen LogP contribution in [0.1, 0.15) is 39.8 Å². The van der Waals surface area contributed by atoms with Gasteiger partial charge in [-0.05, 0) is 30.5 Å². The van der Waals surface area contributed by atoms with Crippen molar-refractivity contribution in [3.05, 3.63) is 51.7 Å². The molecule has 4 rings (SSSR count). The minimum Gasteiger partial charge on any atom is -0.342 e. The summed E-state index contributed by atoms with van der Waals surface area (Å²) in [5.41, 5.74) is 1.38. The maximum Gasteiger partial charge on any atom is 0.274 e. The largest absolute Gasteiger partial charge is 0.342 e. The summed E-state index contributed by atoms with van der Waals surface area (Å²) in [4.78, 5) is 33.3. The number of likely N-dealkylation sites (tertiary alicyclic amines) is 1. The SMILES string of the molecule is O=C(Cc1ccc(F)cc1)N1CCC(c2nc(C(=O)N3CCSC3)cs2)CC1. The number of amides is 2. The van der Waals surface area contributed by atoms with Crippen molar-refractivity contribution in [3.8, 4) is 0 Å². The van der Waals surface area contributed by atoms with Crippen molar-refractivity contribution in [2.45, 2.75) is 25.2 Å². The summed E-state index contributed by atoms with van der Waals surface area (Å²) < 4.78 is 13.0. The van der Waals surface area contributed by atoms with E-state index in [1.54, 1.807) is 35.2 Å². The Hall–Kier alpha value is -1.93. The molecule has 5 nitrogen and oxygen atoms in total. The Morgan fingerprint density at radius 2 is 1.86 bits per heavy atom. The summed E-state index contributed by atoms with van der Waals surface area (Å²) in [6.07, 6.45) is 2.01. The van der Waals surface area contributed by atoms with E-state index in [0.717, 1.165) is 41.6 Å². The van der Waals surface area contributed by atoms with Crippen LogP contribution < -0.4 is 0 Å². The molecule has 0 unspecified atom stereocenters. The van der Waals surface area contributed by atoms with Crippen molar-refractivity contribution >= 4 is 34.9 Å². The summed E-state index contributed by atoms with van der Waals surface area (Å²) in [5, 5.41) is 2.87. The molecule has 2 aromatic rings. The number of rotatable bonds is 4. The molecule has 0 spiro atoms. The molecule has 0 radical (unpaired) electrons. The van der Waals surface area contributed by atoms with Gasteiger partial charge in [-0.15, -0.1) is 23.1 Å². The molecule has 0 bridgehead atoms. The number of thiazole rings is 1. The smallest absolute Gasteiger partial charge is 0.274 e. The first-order valence-corrected chi connectivity index (χ1v) is 11.5. The monoisotopic (exact) mass is 419 g/mol. The minimum atomic E-state index is -0.290. The zero-order chi connectivity index (χ0) is 19.5. The van der Waals surface area contributed by atoms with Gasteiger partial charge in [-0.3, -0.25) is 9.59 Å². The quantitative estimate of drug-likeness (QED) is 0.763. The number of halogens is 1. The molecule has 0 atom stereocenters. The zero-order valence-electron chi connectivity index (χ0n) is 15.5. The van der Waals surface area contributed by atoms with E-state index in [-0.39, 0.29) is 17.6 Å². The molecular weight excluding hydrogens is 397 g/mol. The topological polar surface area (TPSA) is 53.5 Å². The third kappa shape index (κ3) is 4.38. The van der Waals surface area contributed by atoms with Gasteiger partial charge in [0.05, 0.1) is 17.3 Å². The molecule has 2 amide bonds. The van der Waals surface area contributed by atoms with Crippen molar-refractivity contribution in [3.63, 3.8) is 0 Å². The molecule has 3 heterocycles. The molecule has 2 aliphatic rings. The average molecular weight is 420 g/mol. The van der Waals surface area contributed by atoms with E-state index in [4.69, 9.17) is 0 Å². The van der Waals surface area contributed by atoms with E-state index in [1.807, 2.05) is 15.2 Å². The lowest BCUT2D eigenvalue weighted by atomic mass is 9.97. The summed E-state index contributed by atoms with van der Waals surface area (Å²) in [6, 6.07) is 6.09. The van der Waals surface area contributed by atoms with Crippen LogP contribution in [0.25, 0.3) is 0 Å². The molecule has 2 fully saturated rings. The van der Waals surface area contributed by atoms with Crippen molar-refractivity contribution in [2.75, 3.05) is 31.3 Å². The second kappa shape index (κ2) is 8.61. The number of hydrogen-bond donors (Lipinski definition) is 0. The lowest BCUT2D eigenvalue weighted by molar-refractivity contribution is -0.131. The highest BCUT2D eigenvalue weighted by atomic mass is 32.2. The first kappa shape index (κ1) is 19.4. The molecule has 0 aliphatic carbocycles. The van der Waals surface area contributed by atoms with Crippen molar-refractivity contribution < 1.29 is 14.0 Å². The number of piperidine rings is 1. The van der Waals surface area contributed by atoms with Crippen LogP contribution in [-0.4, -0.2) is 57.9 Å². The first-order valence-electron chi connectivity index (χ1n) is 9.45. The third-order valence-corrected chi connectivity index (χ3v) is 7.22. The molecule has 28 heavy (non-hydrogen) atoms.